The van der Waals surface area contributed by atoms with Crippen molar-refractivity contribution in [1.82, 2.24) is 9.88 Å². The summed E-state index contributed by atoms with van der Waals surface area (Å²) in [6.45, 7) is 7.46. The largest absolute Gasteiger partial charge is 0.345 e. The van der Waals surface area contributed by atoms with Crippen LogP contribution in [-0.2, 0) is 0 Å². The fraction of sp³-hybridized carbons (Fsp3) is 0.727. The molecular formula is C11H20N4S. The molecule has 0 spiro atoms. The van der Waals surface area contributed by atoms with Crippen LogP contribution in [0, 0.1) is 0 Å². The lowest BCUT2D eigenvalue weighted by Gasteiger charge is -2.37. The lowest BCUT2D eigenvalue weighted by molar-refractivity contribution is 0.234. The Morgan fingerprint density at radius 1 is 1.56 bits per heavy atom. The van der Waals surface area contributed by atoms with Crippen LogP contribution in [0.15, 0.2) is 5.38 Å². The predicted octanol–water partition coefficient (Wildman–Crippen LogP) is 1.30. The number of aromatic nitrogens is 1. The van der Waals surface area contributed by atoms with Gasteiger partial charge >= 0.3 is 0 Å². The first-order chi connectivity index (χ1) is 7.58. The van der Waals surface area contributed by atoms with Crippen LogP contribution in [0.1, 0.15) is 25.6 Å². The number of hydrogen-bond acceptors (Lipinski definition) is 5. The van der Waals surface area contributed by atoms with Crippen LogP contribution in [0.3, 0.4) is 0 Å². The molecule has 2 N–H and O–H groups in total. The third kappa shape index (κ3) is 2.36. The summed E-state index contributed by atoms with van der Waals surface area (Å²) >= 11 is 1.70. The molecule has 2 atom stereocenters. The Kier molecular flexibility index (Phi) is 3.47. The highest BCUT2D eigenvalue weighted by atomic mass is 32.1. The van der Waals surface area contributed by atoms with Crippen LogP contribution < -0.4 is 10.6 Å². The molecule has 0 radical (unpaired) electrons. The molecule has 2 unspecified atom stereocenters. The Morgan fingerprint density at radius 2 is 2.31 bits per heavy atom. The number of thiazole rings is 1. The lowest BCUT2D eigenvalue weighted by atomic mass is 10.2. The molecule has 5 heteroatoms. The fourth-order valence-electron chi connectivity index (χ4n) is 1.85. The molecule has 2 heterocycles. The Labute approximate surface area is 101 Å². The van der Waals surface area contributed by atoms with Gasteiger partial charge < -0.3 is 15.5 Å². The summed E-state index contributed by atoms with van der Waals surface area (Å²) in [6.07, 6.45) is 0. The van der Waals surface area contributed by atoms with Crippen LogP contribution >= 0.6 is 11.3 Å². The number of nitrogens with zero attached hydrogens (tertiary/aromatic N) is 3. The van der Waals surface area contributed by atoms with Crippen molar-refractivity contribution in [1.29, 1.82) is 0 Å². The zero-order valence-electron chi connectivity index (χ0n) is 10.2. The molecule has 0 bridgehead atoms. The molecule has 1 aliphatic heterocycles. The molecule has 0 aliphatic carbocycles. The van der Waals surface area contributed by atoms with E-state index in [0.29, 0.717) is 6.04 Å². The van der Waals surface area contributed by atoms with Gasteiger partial charge in [0.15, 0.2) is 5.13 Å². The van der Waals surface area contributed by atoms with E-state index in [4.69, 9.17) is 5.73 Å². The van der Waals surface area contributed by atoms with E-state index in [9.17, 15) is 0 Å². The van der Waals surface area contributed by atoms with Crippen molar-refractivity contribution >= 4 is 16.5 Å². The summed E-state index contributed by atoms with van der Waals surface area (Å²) in [5.41, 5.74) is 6.83. The summed E-state index contributed by atoms with van der Waals surface area (Å²) in [4.78, 5) is 9.34. The molecular weight excluding hydrogens is 220 g/mol. The van der Waals surface area contributed by atoms with Gasteiger partial charge in [0.25, 0.3) is 0 Å². The quantitative estimate of drug-likeness (QED) is 0.846. The molecule has 1 saturated heterocycles. The highest BCUT2D eigenvalue weighted by Gasteiger charge is 2.22. The monoisotopic (exact) mass is 240 g/mol. The maximum Gasteiger partial charge on any atom is 0.185 e. The van der Waals surface area contributed by atoms with Gasteiger partial charge in [-0.05, 0) is 20.9 Å². The molecule has 4 nitrogen and oxygen atoms in total. The smallest absolute Gasteiger partial charge is 0.185 e. The van der Waals surface area contributed by atoms with E-state index >= 15 is 0 Å². The summed E-state index contributed by atoms with van der Waals surface area (Å²) in [5, 5.41) is 3.19. The van der Waals surface area contributed by atoms with E-state index < -0.39 is 0 Å². The Morgan fingerprint density at radius 3 is 2.88 bits per heavy atom. The molecule has 90 valence electrons. The van der Waals surface area contributed by atoms with Gasteiger partial charge in [-0.1, -0.05) is 0 Å². The molecule has 1 aliphatic rings. The fourth-order valence-corrected chi connectivity index (χ4v) is 2.82. The van der Waals surface area contributed by atoms with Gasteiger partial charge in [0.05, 0.1) is 5.69 Å². The number of hydrogen-bond donors (Lipinski definition) is 1. The molecule has 2 rings (SSSR count). The van der Waals surface area contributed by atoms with Crippen LogP contribution in [-0.4, -0.2) is 42.6 Å². The van der Waals surface area contributed by atoms with Gasteiger partial charge in [0.2, 0.25) is 0 Å². The van der Waals surface area contributed by atoms with Gasteiger partial charge in [0, 0.05) is 37.1 Å². The number of rotatable bonds is 2. The van der Waals surface area contributed by atoms with Crippen molar-refractivity contribution in [2.75, 3.05) is 31.6 Å². The number of nitrogens with two attached hydrogens (primary N) is 1. The van der Waals surface area contributed by atoms with Gasteiger partial charge in [-0.15, -0.1) is 11.3 Å². The second kappa shape index (κ2) is 4.69. The van der Waals surface area contributed by atoms with Gasteiger partial charge in [0.1, 0.15) is 0 Å². The summed E-state index contributed by atoms with van der Waals surface area (Å²) < 4.78 is 0. The lowest BCUT2D eigenvalue weighted by Crippen LogP contribution is -2.50. The Hall–Kier alpha value is -0.650. The van der Waals surface area contributed by atoms with E-state index in [-0.39, 0.29) is 6.04 Å². The highest BCUT2D eigenvalue weighted by molar-refractivity contribution is 7.13. The first-order valence-corrected chi connectivity index (χ1v) is 6.62. The van der Waals surface area contributed by atoms with E-state index in [0.717, 1.165) is 30.5 Å². The minimum absolute atomic E-state index is 0.0369. The normalized spacial score (nSPS) is 24.8. The molecule has 1 aromatic rings. The van der Waals surface area contributed by atoms with Gasteiger partial charge in [-0.3, -0.25) is 0 Å². The minimum Gasteiger partial charge on any atom is -0.345 e. The van der Waals surface area contributed by atoms with E-state index in [2.05, 4.69) is 34.1 Å². The number of piperazine rings is 1. The average Bonchev–Trinajstić information content (AvgIpc) is 2.71. The Bertz CT molecular complexity index is 350. The van der Waals surface area contributed by atoms with Crippen molar-refractivity contribution in [3.05, 3.63) is 11.1 Å². The molecule has 0 saturated carbocycles. The van der Waals surface area contributed by atoms with Crippen LogP contribution in [0.5, 0.6) is 0 Å². The van der Waals surface area contributed by atoms with E-state index in [1.807, 2.05) is 6.92 Å². The maximum atomic E-state index is 5.82. The van der Waals surface area contributed by atoms with Crippen molar-refractivity contribution in [2.45, 2.75) is 25.9 Å². The van der Waals surface area contributed by atoms with Crippen molar-refractivity contribution in [3.63, 3.8) is 0 Å². The average molecular weight is 240 g/mol. The highest BCUT2D eigenvalue weighted by Crippen LogP contribution is 2.25. The second-order valence-corrected chi connectivity index (χ2v) is 5.46. The summed E-state index contributed by atoms with van der Waals surface area (Å²) in [5.74, 6) is 0. The molecule has 16 heavy (non-hydrogen) atoms. The molecule has 1 fully saturated rings. The predicted molar refractivity (Wildman–Crippen MR) is 69.0 cm³/mol. The first kappa shape index (κ1) is 11.8. The summed E-state index contributed by atoms with van der Waals surface area (Å²) in [7, 11) is 2.18. The standard InChI is InChI=1S/C11H20N4S/c1-8-6-15(5-4-14(8)3)11-13-10(7-16-11)9(2)12/h7-9H,4-6,12H2,1-3H3. The van der Waals surface area contributed by atoms with Crippen LogP contribution in [0.25, 0.3) is 0 Å². The minimum atomic E-state index is 0.0369. The first-order valence-electron chi connectivity index (χ1n) is 5.74. The van der Waals surface area contributed by atoms with E-state index in [1.54, 1.807) is 11.3 Å². The zero-order chi connectivity index (χ0) is 11.7. The number of anilines is 1. The third-order valence-electron chi connectivity index (χ3n) is 3.21. The SMILES string of the molecule is CC(N)c1csc(N2CCN(C)C(C)C2)n1. The van der Waals surface area contributed by atoms with Crippen molar-refractivity contribution in [2.24, 2.45) is 5.73 Å². The van der Waals surface area contributed by atoms with Crippen molar-refractivity contribution < 1.29 is 0 Å². The van der Waals surface area contributed by atoms with Crippen LogP contribution in [0.2, 0.25) is 0 Å². The number of likely N-dealkylation sites (N-methyl/N-ethyl adjacent to an activating group) is 1. The maximum absolute atomic E-state index is 5.82. The second-order valence-electron chi connectivity index (χ2n) is 4.62. The Balaban J connectivity index is 2.07. The van der Waals surface area contributed by atoms with E-state index in [1.165, 1.54) is 0 Å². The van der Waals surface area contributed by atoms with Crippen LogP contribution in [0.4, 0.5) is 5.13 Å². The molecule has 1 aromatic heterocycles. The zero-order valence-corrected chi connectivity index (χ0v) is 11.0. The molecule has 0 amide bonds. The van der Waals surface area contributed by atoms with Gasteiger partial charge in [-0.2, -0.15) is 0 Å². The molecule has 0 aromatic carbocycles. The van der Waals surface area contributed by atoms with Gasteiger partial charge in [-0.25, -0.2) is 4.98 Å². The van der Waals surface area contributed by atoms with Crippen molar-refractivity contribution in [3.8, 4) is 0 Å². The third-order valence-corrected chi connectivity index (χ3v) is 4.13. The summed E-state index contributed by atoms with van der Waals surface area (Å²) in [6, 6.07) is 0.631. The topological polar surface area (TPSA) is 45.4 Å².